The smallest absolute Gasteiger partial charge is 0.0506 e. The van der Waals surface area contributed by atoms with E-state index in [2.05, 4.69) is 17.1 Å². The molecule has 2 heteroatoms. The summed E-state index contributed by atoms with van der Waals surface area (Å²) >= 11 is 0. The summed E-state index contributed by atoms with van der Waals surface area (Å²) in [7, 11) is 0. The topological polar surface area (TPSA) is 38.9 Å². The fourth-order valence-electron chi connectivity index (χ4n) is 3.05. The Balaban J connectivity index is 1.92. The SMILES string of the molecule is NC1C=C(C2CCc3cccnc32)CCC1. The summed E-state index contributed by atoms with van der Waals surface area (Å²) in [4.78, 5) is 4.56. The van der Waals surface area contributed by atoms with Crippen LogP contribution in [-0.4, -0.2) is 11.0 Å². The molecule has 1 aromatic heterocycles. The predicted octanol–water partition coefficient (Wildman–Crippen LogP) is 2.55. The van der Waals surface area contributed by atoms with Crippen molar-refractivity contribution in [3.63, 3.8) is 0 Å². The van der Waals surface area contributed by atoms with Crippen molar-refractivity contribution in [2.24, 2.45) is 5.73 Å². The highest BCUT2D eigenvalue weighted by Gasteiger charge is 2.27. The Morgan fingerprint density at radius 3 is 3.06 bits per heavy atom. The number of pyridine rings is 1. The molecule has 84 valence electrons. The zero-order valence-corrected chi connectivity index (χ0v) is 9.52. The van der Waals surface area contributed by atoms with Crippen molar-refractivity contribution in [3.05, 3.63) is 41.2 Å². The molecule has 16 heavy (non-hydrogen) atoms. The second-order valence-electron chi connectivity index (χ2n) is 4.94. The fourth-order valence-corrected chi connectivity index (χ4v) is 3.05. The lowest BCUT2D eigenvalue weighted by molar-refractivity contribution is 0.583. The van der Waals surface area contributed by atoms with Crippen LogP contribution in [0.15, 0.2) is 30.0 Å². The molecule has 0 aliphatic heterocycles. The molecule has 1 aromatic rings. The summed E-state index contributed by atoms with van der Waals surface area (Å²) < 4.78 is 0. The van der Waals surface area contributed by atoms with Crippen LogP contribution in [0.5, 0.6) is 0 Å². The van der Waals surface area contributed by atoms with E-state index in [1.165, 1.54) is 42.5 Å². The number of allylic oxidation sites excluding steroid dienone is 1. The normalized spacial score (nSPS) is 28.7. The van der Waals surface area contributed by atoms with Crippen LogP contribution in [0.4, 0.5) is 0 Å². The summed E-state index contributed by atoms with van der Waals surface area (Å²) in [5, 5.41) is 0. The molecule has 0 fully saturated rings. The molecule has 0 bridgehead atoms. The van der Waals surface area contributed by atoms with E-state index >= 15 is 0 Å². The van der Waals surface area contributed by atoms with Crippen molar-refractivity contribution in [3.8, 4) is 0 Å². The first-order chi connectivity index (χ1) is 7.84. The van der Waals surface area contributed by atoms with Gasteiger partial charge < -0.3 is 5.73 Å². The number of aromatic nitrogens is 1. The molecule has 3 rings (SSSR count). The molecular weight excluding hydrogens is 196 g/mol. The lowest BCUT2D eigenvalue weighted by Gasteiger charge is -2.22. The van der Waals surface area contributed by atoms with Crippen LogP contribution in [0.25, 0.3) is 0 Å². The average molecular weight is 214 g/mol. The molecule has 0 spiro atoms. The molecule has 0 saturated carbocycles. The zero-order valence-electron chi connectivity index (χ0n) is 9.52. The molecule has 0 aromatic carbocycles. The Labute approximate surface area is 96.6 Å². The minimum atomic E-state index is 0.275. The van der Waals surface area contributed by atoms with E-state index < -0.39 is 0 Å². The number of hydrogen-bond acceptors (Lipinski definition) is 2. The lowest BCUT2D eigenvalue weighted by atomic mass is 9.86. The Morgan fingerprint density at radius 1 is 1.25 bits per heavy atom. The van der Waals surface area contributed by atoms with Crippen LogP contribution in [0, 0.1) is 0 Å². The third-order valence-corrected chi connectivity index (χ3v) is 3.84. The van der Waals surface area contributed by atoms with E-state index in [0.717, 1.165) is 6.42 Å². The minimum Gasteiger partial charge on any atom is -0.324 e. The first kappa shape index (κ1) is 10.0. The van der Waals surface area contributed by atoms with Gasteiger partial charge in [-0.05, 0) is 43.7 Å². The van der Waals surface area contributed by atoms with E-state index in [-0.39, 0.29) is 6.04 Å². The van der Waals surface area contributed by atoms with E-state index in [1.807, 2.05) is 12.3 Å². The first-order valence-electron chi connectivity index (χ1n) is 6.24. The highest BCUT2D eigenvalue weighted by Crippen LogP contribution is 2.39. The van der Waals surface area contributed by atoms with Crippen LogP contribution >= 0.6 is 0 Å². The molecule has 0 amide bonds. The number of fused-ring (bicyclic) bond motifs is 1. The molecule has 0 radical (unpaired) electrons. The van der Waals surface area contributed by atoms with Gasteiger partial charge in [-0.2, -0.15) is 0 Å². The highest BCUT2D eigenvalue weighted by atomic mass is 14.7. The quantitative estimate of drug-likeness (QED) is 0.730. The second kappa shape index (κ2) is 4.02. The summed E-state index contributed by atoms with van der Waals surface area (Å²) in [6.45, 7) is 0. The van der Waals surface area contributed by atoms with Gasteiger partial charge in [0, 0.05) is 18.2 Å². The summed E-state index contributed by atoms with van der Waals surface area (Å²) in [5.41, 5.74) is 10.3. The van der Waals surface area contributed by atoms with Gasteiger partial charge in [-0.15, -0.1) is 0 Å². The molecule has 2 aliphatic carbocycles. The van der Waals surface area contributed by atoms with Gasteiger partial charge in [0.05, 0.1) is 5.69 Å². The van der Waals surface area contributed by atoms with Crippen LogP contribution in [-0.2, 0) is 6.42 Å². The molecule has 2 atom stereocenters. The number of aryl methyl sites for hydroxylation is 1. The number of nitrogens with two attached hydrogens (primary N) is 1. The van der Waals surface area contributed by atoms with Gasteiger partial charge >= 0.3 is 0 Å². The molecule has 2 N–H and O–H groups in total. The Hall–Kier alpha value is -1.15. The molecule has 0 saturated heterocycles. The zero-order chi connectivity index (χ0) is 11.0. The van der Waals surface area contributed by atoms with Crippen LogP contribution < -0.4 is 5.73 Å². The summed E-state index contributed by atoms with van der Waals surface area (Å²) in [6.07, 6.45) is 10.2. The summed E-state index contributed by atoms with van der Waals surface area (Å²) in [5.74, 6) is 0.558. The first-order valence-corrected chi connectivity index (χ1v) is 6.24. The predicted molar refractivity (Wildman–Crippen MR) is 65.2 cm³/mol. The average Bonchev–Trinajstić information content (AvgIpc) is 2.72. The van der Waals surface area contributed by atoms with Gasteiger partial charge in [0.25, 0.3) is 0 Å². The molecule has 2 nitrogen and oxygen atoms in total. The molecular formula is C14H18N2. The van der Waals surface area contributed by atoms with E-state index in [0.29, 0.717) is 5.92 Å². The lowest BCUT2D eigenvalue weighted by Crippen LogP contribution is -2.21. The van der Waals surface area contributed by atoms with Crippen molar-refractivity contribution in [2.75, 3.05) is 0 Å². The minimum absolute atomic E-state index is 0.275. The third kappa shape index (κ3) is 1.67. The molecule has 2 aliphatic rings. The fraction of sp³-hybridized carbons (Fsp3) is 0.500. The maximum atomic E-state index is 6.02. The summed E-state index contributed by atoms with van der Waals surface area (Å²) in [6, 6.07) is 4.53. The standard InChI is InChI=1S/C14H18N2/c15-12-5-1-3-11(9-12)13-7-6-10-4-2-8-16-14(10)13/h2,4,8-9,12-13H,1,3,5-7,15H2. The largest absolute Gasteiger partial charge is 0.324 e. The molecule has 2 unspecified atom stereocenters. The van der Waals surface area contributed by atoms with Crippen LogP contribution in [0.3, 0.4) is 0 Å². The van der Waals surface area contributed by atoms with Gasteiger partial charge in [-0.25, -0.2) is 0 Å². The second-order valence-corrected chi connectivity index (χ2v) is 4.94. The van der Waals surface area contributed by atoms with Gasteiger partial charge in [0.1, 0.15) is 0 Å². The van der Waals surface area contributed by atoms with Crippen molar-refractivity contribution < 1.29 is 0 Å². The number of hydrogen-bond donors (Lipinski definition) is 1. The van der Waals surface area contributed by atoms with Crippen molar-refractivity contribution in [1.29, 1.82) is 0 Å². The number of rotatable bonds is 1. The Kier molecular flexibility index (Phi) is 2.52. The third-order valence-electron chi connectivity index (χ3n) is 3.84. The van der Waals surface area contributed by atoms with Crippen LogP contribution in [0.2, 0.25) is 0 Å². The Bertz CT molecular complexity index is 422. The maximum Gasteiger partial charge on any atom is 0.0506 e. The van der Waals surface area contributed by atoms with Crippen molar-refractivity contribution in [2.45, 2.75) is 44.1 Å². The maximum absolute atomic E-state index is 6.02. The highest BCUT2D eigenvalue weighted by molar-refractivity contribution is 5.36. The number of nitrogens with zero attached hydrogens (tertiary/aromatic N) is 1. The van der Waals surface area contributed by atoms with Crippen molar-refractivity contribution >= 4 is 0 Å². The Morgan fingerprint density at radius 2 is 2.19 bits per heavy atom. The monoisotopic (exact) mass is 214 g/mol. The van der Waals surface area contributed by atoms with Crippen LogP contribution in [0.1, 0.15) is 42.9 Å². The van der Waals surface area contributed by atoms with Gasteiger partial charge in [-0.1, -0.05) is 17.7 Å². The van der Waals surface area contributed by atoms with Crippen molar-refractivity contribution in [1.82, 2.24) is 4.98 Å². The van der Waals surface area contributed by atoms with E-state index in [4.69, 9.17) is 5.73 Å². The van der Waals surface area contributed by atoms with E-state index in [1.54, 1.807) is 0 Å². The molecule has 1 heterocycles. The van der Waals surface area contributed by atoms with Gasteiger partial charge in [-0.3, -0.25) is 4.98 Å². The van der Waals surface area contributed by atoms with Gasteiger partial charge in [0.15, 0.2) is 0 Å². The van der Waals surface area contributed by atoms with Gasteiger partial charge in [0.2, 0.25) is 0 Å². The van der Waals surface area contributed by atoms with E-state index in [9.17, 15) is 0 Å².